The van der Waals surface area contributed by atoms with Crippen molar-refractivity contribution in [3.05, 3.63) is 52.8 Å². The van der Waals surface area contributed by atoms with Crippen molar-refractivity contribution >= 4 is 50.8 Å². The summed E-state index contributed by atoms with van der Waals surface area (Å²) in [5.41, 5.74) is 2.29. The Morgan fingerprint density at radius 2 is 1.89 bits per heavy atom. The first-order chi connectivity index (χ1) is 9.24. The Morgan fingerprint density at radius 1 is 1.05 bits per heavy atom. The maximum Gasteiger partial charge on any atom is 0.166 e. The number of hydrogen-bond acceptors (Lipinski definition) is 2. The van der Waals surface area contributed by atoms with Gasteiger partial charge in [0.1, 0.15) is 16.3 Å². The van der Waals surface area contributed by atoms with Crippen molar-refractivity contribution in [3.8, 4) is 0 Å². The molecular formula is C14H7Cl2N3. The number of fused-ring (bicyclic) bond motifs is 5. The molecular weight excluding hydrogens is 281 g/mol. The van der Waals surface area contributed by atoms with Gasteiger partial charge in [0.25, 0.3) is 0 Å². The van der Waals surface area contributed by atoms with E-state index in [2.05, 4.69) is 9.97 Å². The monoisotopic (exact) mass is 287 g/mol. The smallest absolute Gasteiger partial charge is 0.166 e. The number of hydrogen-bond donors (Lipinski definition) is 0. The standard InChI is InChI=1S/C14H7Cl2N3/c15-9-5-11(16)19-12(6-9)18-13-10-4-2-1-3-8(10)7-17-14(13)19/h1-7H. The minimum Gasteiger partial charge on any atom is -0.266 e. The zero-order valence-electron chi connectivity index (χ0n) is 9.64. The van der Waals surface area contributed by atoms with Crippen LogP contribution in [0.4, 0.5) is 0 Å². The number of halogens is 2. The van der Waals surface area contributed by atoms with Crippen LogP contribution in [0.5, 0.6) is 0 Å². The van der Waals surface area contributed by atoms with Crippen molar-refractivity contribution < 1.29 is 0 Å². The van der Waals surface area contributed by atoms with Crippen molar-refractivity contribution in [2.45, 2.75) is 0 Å². The van der Waals surface area contributed by atoms with Crippen LogP contribution in [-0.2, 0) is 0 Å². The summed E-state index contributed by atoms with van der Waals surface area (Å²) in [5, 5.41) is 3.19. The second-order valence-electron chi connectivity index (χ2n) is 4.32. The van der Waals surface area contributed by atoms with E-state index in [1.807, 2.05) is 30.5 Å². The van der Waals surface area contributed by atoms with Crippen LogP contribution >= 0.6 is 23.2 Å². The first kappa shape index (κ1) is 11.0. The topological polar surface area (TPSA) is 30.2 Å². The number of benzene rings is 1. The molecule has 3 heterocycles. The Kier molecular flexibility index (Phi) is 2.22. The second kappa shape index (κ2) is 3.83. The number of rotatable bonds is 0. The molecule has 0 aliphatic rings. The van der Waals surface area contributed by atoms with Crippen molar-refractivity contribution in [3.63, 3.8) is 0 Å². The lowest BCUT2D eigenvalue weighted by Crippen LogP contribution is -1.88. The van der Waals surface area contributed by atoms with E-state index >= 15 is 0 Å². The Morgan fingerprint density at radius 3 is 2.79 bits per heavy atom. The molecule has 0 aliphatic carbocycles. The van der Waals surface area contributed by atoms with E-state index in [1.165, 1.54) is 0 Å². The second-order valence-corrected chi connectivity index (χ2v) is 5.14. The Bertz CT molecular complexity index is 944. The number of nitrogens with zero attached hydrogens (tertiary/aromatic N) is 3. The van der Waals surface area contributed by atoms with Gasteiger partial charge in [-0.05, 0) is 6.07 Å². The fraction of sp³-hybridized carbons (Fsp3) is 0. The molecule has 0 bridgehead atoms. The average molecular weight is 288 g/mol. The summed E-state index contributed by atoms with van der Waals surface area (Å²) in [5.74, 6) is 0. The highest BCUT2D eigenvalue weighted by Gasteiger charge is 2.12. The van der Waals surface area contributed by atoms with Gasteiger partial charge in [-0.25, -0.2) is 9.97 Å². The quantitative estimate of drug-likeness (QED) is 0.450. The number of imidazole rings is 1. The summed E-state index contributed by atoms with van der Waals surface area (Å²) in [6.45, 7) is 0. The van der Waals surface area contributed by atoms with Gasteiger partial charge in [0.2, 0.25) is 0 Å². The van der Waals surface area contributed by atoms with Crippen LogP contribution in [0.3, 0.4) is 0 Å². The van der Waals surface area contributed by atoms with E-state index in [9.17, 15) is 0 Å². The van der Waals surface area contributed by atoms with E-state index in [4.69, 9.17) is 23.2 Å². The summed E-state index contributed by atoms with van der Waals surface area (Å²) in [4.78, 5) is 9.06. The molecule has 4 rings (SSSR count). The lowest BCUT2D eigenvalue weighted by atomic mass is 10.1. The molecule has 0 fully saturated rings. The van der Waals surface area contributed by atoms with Crippen LogP contribution in [0.15, 0.2) is 42.6 Å². The lowest BCUT2D eigenvalue weighted by molar-refractivity contribution is 1.19. The summed E-state index contributed by atoms with van der Waals surface area (Å²) >= 11 is 12.2. The summed E-state index contributed by atoms with van der Waals surface area (Å²) in [6, 6.07) is 11.5. The molecule has 5 heteroatoms. The van der Waals surface area contributed by atoms with Crippen LogP contribution in [0.25, 0.3) is 27.6 Å². The zero-order valence-corrected chi connectivity index (χ0v) is 11.2. The van der Waals surface area contributed by atoms with E-state index in [0.717, 1.165) is 21.9 Å². The summed E-state index contributed by atoms with van der Waals surface area (Å²) < 4.78 is 1.80. The van der Waals surface area contributed by atoms with Gasteiger partial charge in [-0.3, -0.25) is 4.40 Å². The molecule has 19 heavy (non-hydrogen) atoms. The molecule has 3 aromatic heterocycles. The highest BCUT2D eigenvalue weighted by Crippen LogP contribution is 2.28. The molecule has 92 valence electrons. The van der Waals surface area contributed by atoms with Gasteiger partial charge in [0, 0.05) is 28.1 Å². The van der Waals surface area contributed by atoms with Crippen LogP contribution in [0.1, 0.15) is 0 Å². The van der Waals surface area contributed by atoms with Crippen LogP contribution in [-0.4, -0.2) is 14.4 Å². The third kappa shape index (κ3) is 1.52. The van der Waals surface area contributed by atoms with Crippen molar-refractivity contribution in [1.82, 2.24) is 14.4 Å². The molecule has 0 spiro atoms. The number of aromatic nitrogens is 3. The first-order valence-electron chi connectivity index (χ1n) is 5.75. The SMILES string of the molecule is Clc1cc(Cl)n2c(c1)nc1c3ccccc3cnc12. The largest absolute Gasteiger partial charge is 0.266 e. The van der Waals surface area contributed by atoms with E-state index < -0.39 is 0 Å². The molecule has 4 aromatic rings. The highest BCUT2D eigenvalue weighted by atomic mass is 35.5. The highest BCUT2D eigenvalue weighted by molar-refractivity contribution is 6.34. The molecule has 0 N–H and O–H groups in total. The Balaban J connectivity index is 2.31. The summed E-state index contributed by atoms with van der Waals surface area (Å²) in [6.07, 6.45) is 1.83. The lowest BCUT2D eigenvalue weighted by Gasteiger charge is -2.00. The molecule has 3 nitrogen and oxygen atoms in total. The van der Waals surface area contributed by atoms with Crippen molar-refractivity contribution in [2.24, 2.45) is 0 Å². The van der Waals surface area contributed by atoms with Crippen LogP contribution in [0.2, 0.25) is 10.2 Å². The van der Waals surface area contributed by atoms with Gasteiger partial charge >= 0.3 is 0 Å². The predicted molar refractivity (Wildman–Crippen MR) is 78.0 cm³/mol. The summed E-state index contributed by atoms with van der Waals surface area (Å²) in [7, 11) is 0. The van der Waals surface area contributed by atoms with Crippen molar-refractivity contribution in [2.75, 3.05) is 0 Å². The van der Waals surface area contributed by atoms with Gasteiger partial charge in [-0.15, -0.1) is 0 Å². The predicted octanol–water partition coefficient (Wildman–Crippen LogP) is 4.34. The fourth-order valence-corrected chi connectivity index (χ4v) is 2.88. The minimum atomic E-state index is 0.507. The van der Waals surface area contributed by atoms with Crippen LogP contribution in [0, 0.1) is 0 Å². The van der Waals surface area contributed by atoms with Crippen molar-refractivity contribution in [1.29, 1.82) is 0 Å². The maximum atomic E-state index is 6.23. The minimum absolute atomic E-state index is 0.507. The zero-order chi connectivity index (χ0) is 13.0. The van der Waals surface area contributed by atoms with Gasteiger partial charge in [-0.2, -0.15) is 0 Å². The molecule has 0 saturated heterocycles. The maximum absolute atomic E-state index is 6.23. The van der Waals surface area contributed by atoms with E-state index in [-0.39, 0.29) is 0 Å². The molecule has 0 amide bonds. The van der Waals surface area contributed by atoms with Crippen LogP contribution < -0.4 is 0 Å². The molecule has 0 atom stereocenters. The van der Waals surface area contributed by atoms with Gasteiger partial charge < -0.3 is 0 Å². The first-order valence-corrected chi connectivity index (χ1v) is 6.50. The molecule has 0 aliphatic heterocycles. The third-order valence-electron chi connectivity index (χ3n) is 3.16. The average Bonchev–Trinajstić information content (AvgIpc) is 2.77. The van der Waals surface area contributed by atoms with E-state index in [0.29, 0.717) is 15.8 Å². The molecule has 0 unspecified atom stereocenters. The molecule has 1 aromatic carbocycles. The number of pyridine rings is 2. The third-order valence-corrected chi connectivity index (χ3v) is 3.65. The molecule has 0 saturated carbocycles. The fourth-order valence-electron chi connectivity index (χ4n) is 2.34. The van der Waals surface area contributed by atoms with E-state index in [1.54, 1.807) is 16.5 Å². The Hall–Kier alpha value is -1.84. The Labute approximate surface area is 118 Å². The molecule has 0 radical (unpaired) electrons. The normalized spacial score (nSPS) is 11.7. The van der Waals surface area contributed by atoms with Gasteiger partial charge in [-0.1, -0.05) is 47.5 Å². The van der Waals surface area contributed by atoms with Gasteiger partial charge in [0.05, 0.1) is 0 Å². The van der Waals surface area contributed by atoms with Gasteiger partial charge in [0.15, 0.2) is 5.65 Å².